The lowest BCUT2D eigenvalue weighted by atomic mass is 10.4. The van der Waals surface area contributed by atoms with Crippen LogP contribution < -0.4 is 0 Å². The second-order valence-corrected chi connectivity index (χ2v) is 6.30. The molecule has 0 spiro atoms. The van der Waals surface area contributed by atoms with Crippen LogP contribution in [0.3, 0.4) is 0 Å². The summed E-state index contributed by atoms with van der Waals surface area (Å²) in [6.07, 6.45) is 2.17. The maximum atomic E-state index is 4.46. The Kier molecular flexibility index (Phi) is 11.7. The van der Waals surface area contributed by atoms with Crippen LogP contribution in [-0.4, -0.2) is 33.5 Å². The van der Waals surface area contributed by atoms with Crippen molar-refractivity contribution in [2.45, 2.75) is 23.3 Å². The van der Waals surface area contributed by atoms with Crippen molar-refractivity contribution in [3.8, 4) is 0 Å². The van der Waals surface area contributed by atoms with Gasteiger partial charge in [0.05, 0.1) is 0 Å². The van der Waals surface area contributed by atoms with Crippen molar-refractivity contribution in [2.24, 2.45) is 0 Å². The first-order valence-corrected chi connectivity index (χ1v) is 7.81. The van der Waals surface area contributed by atoms with Gasteiger partial charge in [0.15, 0.2) is 0 Å². The van der Waals surface area contributed by atoms with Crippen molar-refractivity contribution in [3.63, 3.8) is 0 Å². The number of hydrogen-bond donors (Lipinski definition) is 4. The lowest BCUT2D eigenvalue weighted by Gasteiger charge is -2.11. The van der Waals surface area contributed by atoms with Crippen molar-refractivity contribution in [3.05, 3.63) is 0 Å². The second-order valence-electron chi connectivity index (χ2n) is 2.87. The minimum atomic E-state index is 0.485. The molecular weight excluding hydrogens is 256 g/mol. The predicted octanol–water partition coefficient (Wildman–Crippen LogP) is 2.96. The quantitative estimate of drug-likeness (QED) is 0.494. The van der Waals surface area contributed by atoms with Crippen molar-refractivity contribution in [2.75, 3.05) is 23.0 Å². The third-order valence-electron chi connectivity index (χ3n) is 1.55. The summed E-state index contributed by atoms with van der Waals surface area (Å²) in [4.78, 5) is 0. The SMILES string of the molecule is SCCC(S)CSCC(S)CCS. The number of thioether (sulfide) groups is 1. The topological polar surface area (TPSA) is 0 Å². The van der Waals surface area contributed by atoms with Crippen molar-refractivity contribution < 1.29 is 0 Å². The Morgan fingerprint density at radius 2 is 1.23 bits per heavy atom. The molecule has 0 heterocycles. The van der Waals surface area contributed by atoms with E-state index in [1.54, 1.807) is 0 Å². The van der Waals surface area contributed by atoms with Gasteiger partial charge in [0, 0.05) is 22.0 Å². The number of hydrogen-bond acceptors (Lipinski definition) is 5. The largest absolute Gasteiger partial charge is 0.179 e. The fourth-order valence-electron chi connectivity index (χ4n) is 0.805. The number of thiol groups is 4. The average Bonchev–Trinajstić information content (AvgIpc) is 2.05. The lowest BCUT2D eigenvalue weighted by molar-refractivity contribution is 0.920. The molecule has 0 nitrogen and oxygen atoms in total. The van der Waals surface area contributed by atoms with Gasteiger partial charge in [-0.15, -0.1) is 0 Å². The van der Waals surface area contributed by atoms with Gasteiger partial charge in [-0.05, 0) is 24.3 Å². The molecule has 0 saturated heterocycles. The predicted molar refractivity (Wildman–Crippen MR) is 79.8 cm³/mol. The summed E-state index contributed by atoms with van der Waals surface area (Å²) in [5.74, 6) is 4.06. The fourth-order valence-corrected chi connectivity index (χ4v) is 3.74. The zero-order chi connectivity index (χ0) is 10.1. The minimum absolute atomic E-state index is 0.485. The molecule has 0 aliphatic rings. The van der Waals surface area contributed by atoms with Gasteiger partial charge in [0.2, 0.25) is 0 Å². The molecule has 2 atom stereocenters. The summed E-state index contributed by atoms with van der Waals surface area (Å²) in [5.41, 5.74) is 0. The Bertz CT molecular complexity index is 96.7. The van der Waals surface area contributed by atoms with Gasteiger partial charge in [-0.2, -0.15) is 62.3 Å². The Morgan fingerprint density at radius 1 is 0.846 bits per heavy atom. The highest BCUT2D eigenvalue weighted by Crippen LogP contribution is 2.16. The molecule has 0 N–H and O–H groups in total. The summed E-state index contributed by atoms with van der Waals surface area (Å²) in [6.45, 7) is 0. The van der Waals surface area contributed by atoms with E-state index in [0.717, 1.165) is 35.9 Å². The van der Waals surface area contributed by atoms with E-state index >= 15 is 0 Å². The van der Waals surface area contributed by atoms with Gasteiger partial charge in [-0.1, -0.05) is 0 Å². The van der Waals surface area contributed by atoms with Crippen LogP contribution in [0.2, 0.25) is 0 Å². The van der Waals surface area contributed by atoms with Crippen molar-refractivity contribution in [1.29, 1.82) is 0 Å². The van der Waals surface area contributed by atoms with Crippen molar-refractivity contribution >= 4 is 62.3 Å². The highest BCUT2D eigenvalue weighted by molar-refractivity contribution is 8.00. The summed E-state index contributed by atoms with van der Waals surface area (Å²) in [7, 11) is 0. The third kappa shape index (κ3) is 10.0. The van der Waals surface area contributed by atoms with Crippen LogP contribution in [0.4, 0.5) is 0 Å². The maximum Gasteiger partial charge on any atom is 0.0115 e. The van der Waals surface area contributed by atoms with E-state index in [2.05, 4.69) is 50.5 Å². The Balaban J connectivity index is 3.23. The van der Waals surface area contributed by atoms with E-state index in [9.17, 15) is 0 Å². The van der Waals surface area contributed by atoms with E-state index in [1.165, 1.54) is 0 Å². The van der Waals surface area contributed by atoms with Gasteiger partial charge in [0.1, 0.15) is 0 Å². The van der Waals surface area contributed by atoms with E-state index in [-0.39, 0.29) is 0 Å². The normalized spacial score (nSPS) is 15.7. The molecule has 0 saturated carbocycles. The van der Waals surface area contributed by atoms with Crippen LogP contribution in [0.5, 0.6) is 0 Å². The summed E-state index contributed by atoms with van der Waals surface area (Å²) < 4.78 is 0. The summed E-state index contributed by atoms with van der Waals surface area (Å²) in [6, 6.07) is 0. The van der Waals surface area contributed by atoms with E-state index < -0.39 is 0 Å². The highest BCUT2D eigenvalue weighted by atomic mass is 32.2. The van der Waals surface area contributed by atoms with Gasteiger partial charge in [-0.3, -0.25) is 0 Å². The minimum Gasteiger partial charge on any atom is -0.179 e. The molecule has 0 aliphatic carbocycles. The van der Waals surface area contributed by atoms with Crippen LogP contribution in [0.25, 0.3) is 0 Å². The average molecular weight is 275 g/mol. The first-order chi connectivity index (χ1) is 6.20. The summed E-state index contributed by atoms with van der Waals surface area (Å²) in [5, 5.41) is 0.970. The third-order valence-corrected chi connectivity index (χ3v) is 4.71. The van der Waals surface area contributed by atoms with Gasteiger partial charge in [0.25, 0.3) is 0 Å². The lowest BCUT2D eigenvalue weighted by Crippen LogP contribution is -2.08. The molecule has 0 aromatic rings. The van der Waals surface area contributed by atoms with Crippen molar-refractivity contribution in [1.82, 2.24) is 0 Å². The van der Waals surface area contributed by atoms with Gasteiger partial charge < -0.3 is 0 Å². The molecule has 0 rings (SSSR count). The Hall–Kier alpha value is 1.75. The van der Waals surface area contributed by atoms with Crippen LogP contribution in [0, 0.1) is 0 Å². The Labute approximate surface area is 108 Å². The molecule has 0 amide bonds. The van der Waals surface area contributed by atoms with Crippen LogP contribution in [-0.2, 0) is 0 Å². The molecule has 0 aliphatic heterocycles. The molecule has 0 bridgehead atoms. The van der Waals surface area contributed by atoms with E-state index in [1.807, 2.05) is 11.8 Å². The first-order valence-electron chi connectivity index (χ1n) is 4.36. The molecule has 2 unspecified atom stereocenters. The monoisotopic (exact) mass is 274 g/mol. The second kappa shape index (κ2) is 10.3. The van der Waals surface area contributed by atoms with Crippen LogP contribution in [0.1, 0.15) is 12.8 Å². The van der Waals surface area contributed by atoms with E-state index in [4.69, 9.17) is 0 Å². The number of rotatable bonds is 8. The van der Waals surface area contributed by atoms with Crippen LogP contribution >= 0.6 is 62.3 Å². The molecule has 0 aromatic heterocycles. The molecule has 13 heavy (non-hydrogen) atoms. The zero-order valence-electron chi connectivity index (χ0n) is 7.59. The van der Waals surface area contributed by atoms with Crippen LogP contribution in [0.15, 0.2) is 0 Å². The van der Waals surface area contributed by atoms with Gasteiger partial charge in [-0.25, -0.2) is 0 Å². The van der Waals surface area contributed by atoms with E-state index in [0.29, 0.717) is 10.5 Å². The summed E-state index contributed by atoms with van der Waals surface area (Å²) >= 11 is 19.2. The highest BCUT2D eigenvalue weighted by Gasteiger charge is 2.05. The molecule has 0 aromatic carbocycles. The standard InChI is InChI=1S/C8H18S5/c9-3-1-7(11)5-13-6-8(12)2-4-10/h7-12H,1-6H2. The molecule has 5 heteroatoms. The zero-order valence-corrected chi connectivity index (χ0v) is 12.0. The first kappa shape index (κ1) is 14.8. The Morgan fingerprint density at radius 3 is 1.54 bits per heavy atom. The molecule has 0 fully saturated rings. The van der Waals surface area contributed by atoms with Gasteiger partial charge >= 0.3 is 0 Å². The maximum absolute atomic E-state index is 4.46. The molecule has 80 valence electrons. The smallest absolute Gasteiger partial charge is 0.0115 e. The molecule has 0 radical (unpaired) electrons. The fraction of sp³-hybridized carbons (Fsp3) is 1.00. The molecular formula is C8H18S5.